The average Bonchev–Trinajstić information content (AvgIpc) is 3.02. The Labute approximate surface area is 128 Å². The van der Waals surface area contributed by atoms with E-state index in [1.165, 1.54) is 11.0 Å². The van der Waals surface area contributed by atoms with Crippen molar-refractivity contribution in [2.75, 3.05) is 0 Å². The number of para-hydroxylation sites is 1. The molecule has 0 aliphatic carbocycles. The van der Waals surface area contributed by atoms with Crippen molar-refractivity contribution in [2.24, 2.45) is 5.92 Å². The number of rotatable bonds is 6. The van der Waals surface area contributed by atoms with Crippen LogP contribution in [0.3, 0.4) is 0 Å². The Hall–Kier alpha value is -2.70. The molecule has 1 amide bonds. The smallest absolute Gasteiger partial charge is 0.326 e. The summed E-state index contributed by atoms with van der Waals surface area (Å²) in [5.74, 6) is -1.78. The van der Waals surface area contributed by atoms with Crippen molar-refractivity contribution in [1.29, 1.82) is 0 Å². The Morgan fingerprint density at radius 3 is 2.59 bits per heavy atom. The van der Waals surface area contributed by atoms with Gasteiger partial charge in [-0.05, 0) is 18.1 Å². The Bertz CT molecular complexity index is 654. The molecule has 2 aromatic rings. The van der Waals surface area contributed by atoms with Crippen molar-refractivity contribution in [2.45, 2.75) is 26.3 Å². The molecule has 0 radical (unpaired) electrons. The van der Waals surface area contributed by atoms with Crippen LogP contribution in [-0.2, 0) is 4.79 Å². The van der Waals surface area contributed by atoms with Gasteiger partial charge in [-0.15, -0.1) is 5.10 Å². The SMILES string of the molecule is CCC(C)C(NC(=O)c1cnn(-c2ccccc2)n1)C(=O)O. The normalized spacial score (nSPS) is 13.4. The first kappa shape index (κ1) is 15.7. The minimum Gasteiger partial charge on any atom is -0.480 e. The molecule has 7 heteroatoms. The highest BCUT2D eigenvalue weighted by Gasteiger charge is 2.26. The van der Waals surface area contributed by atoms with Crippen LogP contribution in [0.4, 0.5) is 0 Å². The second-order valence-corrected chi connectivity index (χ2v) is 5.03. The third-order valence-electron chi connectivity index (χ3n) is 3.48. The molecule has 0 saturated carbocycles. The summed E-state index contributed by atoms with van der Waals surface area (Å²) in [4.78, 5) is 24.7. The molecule has 1 heterocycles. The Morgan fingerprint density at radius 2 is 2.00 bits per heavy atom. The first-order valence-corrected chi connectivity index (χ1v) is 7.04. The van der Waals surface area contributed by atoms with E-state index in [4.69, 9.17) is 0 Å². The summed E-state index contributed by atoms with van der Waals surface area (Å²) in [7, 11) is 0. The molecule has 2 N–H and O–H groups in total. The van der Waals surface area contributed by atoms with Gasteiger partial charge in [-0.2, -0.15) is 9.90 Å². The van der Waals surface area contributed by atoms with Gasteiger partial charge in [-0.3, -0.25) is 4.79 Å². The standard InChI is InChI=1S/C15H18N4O3/c1-3-10(2)13(15(21)22)17-14(20)12-9-16-19(18-12)11-7-5-4-6-8-11/h4-10,13H,3H2,1-2H3,(H,17,20)(H,21,22). The Kier molecular flexibility index (Phi) is 4.88. The molecular formula is C15H18N4O3. The largest absolute Gasteiger partial charge is 0.480 e. The molecule has 0 aliphatic rings. The maximum atomic E-state index is 12.1. The first-order chi connectivity index (χ1) is 10.5. The maximum absolute atomic E-state index is 12.1. The number of carboxylic acid groups (broad SMARTS) is 1. The summed E-state index contributed by atoms with van der Waals surface area (Å²) in [5, 5.41) is 19.8. The van der Waals surface area contributed by atoms with Gasteiger partial charge in [0.1, 0.15) is 6.04 Å². The van der Waals surface area contributed by atoms with E-state index in [9.17, 15) is 14.7 Å². The van der Waals surface area contributed by atoms with Crippen LogP contribution < -0.4 is 5.32 Å². The van der Waals surface area contributed by atoms with E-state index < -0.39 is 17.9 Å². The highest BCUT2D eigenvalue weighted by molar-refractivity contribution is 5.94. The van der Waals surface area contributed by atoms with Gasteiger partial charge in [-0.1, -0.05) is 38.5 Å². The van der Waals surface area contributed by atoms with Crippen molar-refractivity contribution in [3.05, 3.63) is 42.2 Å². The van der Waals surface area contributed by atoms with E-state index >= 15 is 0 Å². The van der Waals surface area contributed by atoms with Crippen molar-refractivity contribution >= 4 is 11.9 Å². The molecule has 2 unspecified atom stereocenters. The van der Waals surface area contributed by atoms with E-state index in [1.54, 1.807) is 19.1 Å². The number of aliphatic carboxylic acids is 1. The number of nitrogens with one attached hydrogen (secondary N) is 1. The van der Waals surface area contributed by atoms with Crippen LogP contribution in [0.2, 0.25) is 0 Å². The number of benzene rings is 1. The molecule has 116 valence electrons. The average molecular weight is 302 g/mol. The monoisotopic (exact) mass is 302 g/mol. The number of carbonyl (C=O) groups is 2. The number of carbonyl (C=O) groups excluding carboxylic acids is 1. The Balaban J connectivity index is 2.13. The fourth-order valence-corrected chi connectivity index (χ4v) is 1.95. The molecule has 7 nitrogen and oxygen atoms in total. The van der Waals surface area contributed by atoms with Gasteiger partial charge in [0, 0.05) is 0 Å². The highest BCUT2D eigenvalue weighted by Crippen LogP contribution is 2.09. The second-order valence-electron chi connectivity index (χ2n) is 5.03. The predicted octanol–water partition coefficient (Wildman–Crippen LogP) is 1.50. The Morgan fingerprint density at radius 1 is 1.32 bits per heavy atom. The van der Waals surface area contributed by atoms with Crippen molar-refractivity contribution in [3.8, 4) is 5.69 Å². The van der Waals surface area contributed by atoms with Crippen LogP contribution >= 0.6 is 0 Å². The summed E-state index contributed by atoms with van der Waals surface area (Å²) >= 11 is 0. The molecule has 0 aliphatic heterocycles. The minimum atomic E-state index is -1.06. The molecule has 0 spiro atoms. The lowest BCUT2D eigenvalue weighted by Crippen LogP contribution is -2.45. The second kappa shape index (κ2) is 6.84. The van der Waals surface area contributed by atoms with Gasteiger partial charge >= 0.3 is 5.97 Å². The third-order valence-corrected chi connectivity index (χ3v) is 3.48. The lowest BCUT2D eigenvalue weighted by molar-refractivity contribution is -0.140. The number of hydrogen-bond acceptors (Lipinski definition) is 4. The zero-order chi connectivity index (χ0) is 16.1. The molecular weight excluding hydrogens is 284 g/mol. The summed E-state index contributed by atoms with van der Waals surface area (Å²) in [5.41, 5.74) is 0.802. The number of hydrogen-bond donors (Lipinski definition) is 2. The molecule has 22 heavy (non-hydrogen) atoms. The van der Waals surface area contributed by atoms with Gasteiger partial charge in [0.15, 0.2) is 5.69 Å². The third kappa shape index (κ3) is 3.49. The van der Waals surface area contributed by atoms with Crippen LogP contribution in [0.15, 0.2) is 36.5 Å². The molecule has 0 bridgehead atoms. The summed E-state index contributed by atoms with van der Waals surface area (Å²) in [6.45, 7) is 3.65. The molecule has 0 saturated heterocycles. The van der Waals surface area contributed by atoms with Crippen molar-refractivity contribution in [1.82, 2.24) is 20.3 Å². The van der Waals surface area contributed by atoms with E-state index in [2.05, 4.69) is 15.5 Å². The molecule has 1 aromatic heterocycles. The van der Waals surface area contributed by atoms with Crippen molar-refractivity contribution in [3.63, 3.8) is 0 Å². The molecule has 1 aromatic carbocycles. The predicted molar refractivity (Wildman–Crippen MR) is 79.7 cm³/mol. The van der Waals surface area contributed by atoms with Gasteiger partial charge in [0.2, 0.25) is 0 Å². The number of aromatic nitrogens is 3. The van der Waals surface area contributed by atoms with E-state index in [0.29, 0.717) is 6.42 Å². The topological polar surface area (TPSA) is 97.1 Å². The number of carboxylic acids is 1. The van der Waals surface area contributed by atoms with E-state index in [0.717, 1.165) is 5.69 Å². The lowest BCUT2D eigenvalue weighted by atomic mass is 9.99. The minimum absolute atomic E-state index is 0.0819. The zero-order valence-electron chi connectivity index (χ0n) is 12.4. The summed E-state index contributed by atoms with van der Waals surface area (Å²) in [6.07, 6.45) is 1.96. The maximum Gasteiger partial charge on any atom is 0.326 e. The fourth-order valence-electron chi connectivity index (χ4n) is 1.95. The van der Waals surface area contributed by atoms with Crippen LogP contribution in [0.25, 0.3) is 5.69 Å². The molecule has 0 fully saturated rings. The number of nitrogens with zero attached hydrogens (tertiary/aromatic N) is 3. The first-order valence-electron chi connectivity index (χ1n) is 7.04. The lowest BCUT2D eigenvalue weighted by Gasteiger charge is -2.19. The van der Waals surface area contributed by atoms with Gasteiger partial charge in [0.05, 0.1) is 11.9 Å². The summed E-state index contributed by atoms with van der Waals surface area (Å²) < 4.78 is 0. The van der Waals surface area contributed by atoms with Gasteiger partial charge in [-0.25, -0.2) is 4.79 Å². The van der Waals surface area contributed by atoms with Crippen LogP contribution in [0.5, 0.6) is 0 Å². The van der Waals surface area contributed by atoms with Gasteiger partial charge in [0.25, 0.3) is 5.91 Å². The van der Waals surface area contributed by atoms with Crippen LogP contribution in [0.1, 0.15) is 30.8 Å². The van der Waals surface area contributed by atoms with Crippen LogP contribution in [0, 0.1) is 5.92 Å². The quantitative estimate of drug-likeness (QED) is 0.842. The highest BCUT2D eigenvalue weighted by atomic mass is 16.4. The van der Waals surface area contributed by atoms with E-state index in [-0.39, 0.29) is 11.6 Å². The number of amides is 1. The summed E-state index contributed by atoms with van der Waals surface area (Å²) in [6, 6.07) is 8.20. The van der Waals surface area contributed by atoms with Gasteiger partial charge < -0.3 is 10.4 Å². The van der Waals surface area contributed by atoms with E-state index in [1.807, 2.05) is 25.1 Å². The fraction of sp³-hybridized carbons (Fsp3) is 0.333. The zero-order valence-corrected chi connectivity index (χ0v) is 12.4. The van der Waals surface area contributed by atoms with Crippen LogP contribution in [-0.4, -0.2) is 38.0 Å². The molecule has 2 rings (SSSR count). The van der Waals surface area contributed by atoms with Crippen molar-refractivity contribution < 1.29 is 14.7 Å². The molecule has 2 atom stereocenters.